The summed E-state index contributed by atoms with van der Waals surface area (Å²) in [5.74, 6) is -0.430. The van der Waals surface area contributed by atoms with E-state index in [-0.39, 0.29) is 5.69 Å². The molecule has 120 valence electrons. The van der Waals surface area contributed by atoms with Crippen molar-refractivity contribution in [3.8, 4) is 0 Å². The van der Waals surface area contributed by atoms with Crippen molar-refractivity contribution in [2.75, 3.05) is 0 Å². The Morgan fingerprint density at radius 2 is 2.09 bits per heavy atom. The molecule has 1 aliphatic rings. The second-order valence-electron chi connectivity index (χ2n) is 5.17. The number of hydrogen-bond acceptors (Lipinski definition) is 5. The molecule has 1 saturated heterocycles. The number of allylic oxidation sites excluding steroid dienone is 1. The van der Waals surface area contributed by atoms with Gasteiger partial charge in [0, 0.05) is 12.3 Å². The maximum atomic E-state index is 12.1. The van der Waals surface area contributed by atoms with Crippen LogP contribution in [-0.2, 0) is 4.79 Å². The van der Waals surface area contributed by atoms with Crippen LogP contribution >= 0.6 is 0 Å². The number of imide groups is 1. The highest BCUT2D eigenvalue weighted by atomic mass is 16.6. The molecule has 3 amide bonds. The standard InChI is InChI=1S/C15H16N4O4/c1-3-15(2)13(20)18(14(21)17-15)16-10-6-8-11-7-4-5-9-12(11)19(22)23/h4-10H,3H2,1-2H3,(H,17,21)/b8-6+,16-10-/t15-/m1/s1. The smallest absolute Gasteiger partial charge is 0.322 e. The third-order valence-electron chi connectivity index (χ3n) is 3.62. The van der Waals surface area contributed by atoms with E-state index in [1.54, 1.807) is 32.0 Å². The minimum Gasteiger partial charge on any atom is -0.322 e. The molecule has 0 radical (unpaired) electrons. The second kappa shape index (κ2) is 6.39. The molecule has 0 spiro atoms. The minimum absolute atomic E-state index is 0.0364. The molecule has 1 aromatic rings. The number of benzene rings is 1. The van der Waals surface area contributed by atoms with Gasteiger partial charge in [-0.15, -0.1) is 5.01 Å². The Labute approximate surface area is 132 Å². The average Bonchev–Trinajstić information content (AvgIpc) is 2.75. The molecule has 0 saturated carbocycles. The van der Waals surface area contributed by atoms with Crippen molar-refractivity contribution < 1.29 is 14.5 Å². The maximum absolute atomic E-state index is 12.1. The number of nitrogens with one attached hydrogen (secondary N) is 1. The van der Waals surface area contributed by atoms with Crippen molar-refractivity contribution in [1.82, 2.24) is 10.3 Å². The minimum atomic E-state index is -0.948. The largest absolute Gasteiger partial charge is 0.346 e. The van der Waals surface area contributed by atoms with Crippen molar-refractivity contribution in [3.63, 3.8) is 0 Å². The Bertz CT molecular complexity index is 713. The number of hydrazone groups is 1. The Balaban J connectivity index is 2.12. The van der Waals surface area contributed by atoms with Gasteiger partial charge in [0.05, 0.1) is 10.5 Å². The van der Waals surface area contributed by atoms with Gasteiger partial charge in [-0.05, 0) is 31.6 Å². The fraction of sp³-hybridized carbons (Fsp3) is 0.267. The van der Waals surface area contributed by atoms with E-state index in [0.717, 1.165) is 5.01 Å². The van der Waals surface area contributed by atoms with Gasteiger partial charge in [-0.3, -0.25) is 14.9 Å². The highest BCUT2D eigenvalue weighted by Gasteiger charge is 2.46. The van der Waals surface area contributed by atoms with E-state index in [0.29, 0.717) is 12.0 Å². The van der Waals surface area contributed by atoms with E-state index in [4.69, 9.17) is 0 Å². The van der Waals surface area contributed by atoms with Crippen molar-refractivity contribution >= 4 is 29.9 Å². The molecule has 8 nitrogen and oxygen atoms in total. The molecule has 0 unspecified atom stereocenters. The third-order valence-corrected chi connectivity index (χ3v) is 3.62. The predicted octanol–water partition coefficient (Wildman–Crippen LogP) is 2.31. The summed E-state index contributed by atoms with van der Waals surface area (Å²) < 4.78 is 0. The van der Waals surface area contributed by atoms with E-state index < -0.39 is 22.4 Å². The van der Waals surface area contributed by atoms with Gasteiger partial charge in [-0.1, -0.05) is 19.1 Å². The van der Waals surface area contributed by atoms with Crippen LogP contribution in [0.5, 0.6) is 0 Å². The number of nitro groups is 1. The monoisotopic (exact) mass is 316 g/mol. The lowest BCUT2D eigenvalue weighted by Gasteiger charge is -2.17. The molecule has 0 aromatic heterocycles. The van der Waals surface area contributed by atoms with Crippen LogP contribution in [0.1, 0.15) is 25.8 Å². The van der Waals surface area contributed by atoms with Crippen LogP contribution in [-0.4, -0.2) is 33.6 Å². The Kier molecular flexibility index (Phi) is 4.54. The average molecular weight is 316 g/mol. The van der Waals surface area contributed by atoms with Gasteiger partial charge >= 0.3 is 6.03 Å². The lowest BCUT2D eigenvalue weighted by molar-refractivity contribution is -0.385. The van der Waals surface area contributed by atoms with E-state index in [9.17, 15) is 19.7 Å². The van der Waals surface area contributed by atoms with Crippen molar-refractivity contribution in [2.45, 2.75) is 25.8 Å². The van der Waals surface area contributed by atoms with Gasteiger partial charge in [0.2, 0.25) is 0 Å². The molecule has 1 fully saturated rings. The topological polar surface area (TPSA) is 105 Å². The number of para-hydroxylation sites is 1. The maximum Gasteiger partial charge on any atom is 0.346 e. The van der Waals surface area contributed by atoms with E-state index >= 15 is 0 Å². The van der Waals surface area contributed by atoms with Crippen LogP contribution in [0.4, 0.5) is 10.5 Å². The first-order chi connectivity index (χ1) is 10.9. The van der Waals surface area contributed by atoms with Crippen LogP contribution in [0.3, 0.4) is 0 Å². The van der Waals surface area contributed by atoms with Crippen LogP contribution in [0.2, 0.25) is 0 Å². The molecule has 23 heavy (non-hydrogen) atoms. The third kappa shape index (κ3) is 3.25. The molecular formula is C15H16N4O4. The Hall–Kier alpha value is -3.03. The van der Waals surface area contributed by atoms with Gasteiger partial charge < -0.3 is 5.32 Å². The normalized spacial score (nSPS) is 21.4. The van der Waals surface area contributed by atoms with Crippen molar-refractivity contribution in [2.24, 2.45) is 5.10 Å². The lowest BCUT2D eigenvalue weighted by Crippen LogP contribution is -2.42. The van der Waals surface area contributed by atoms with E-state index in [1.165, 1.54) is 24.4 Å². The summed E-state index contributed by atoms with van der Waals surface area (Å²) >= 11 is 0. The molecular weight excluding hydrogens is 300 g/mol. The first-order valence-corrected chi connectivity index (χ1v) is 7.00. The van der Waals surface area contributed by atoms with Gasteiger partial charge in [-0.2, -0.15) is 5.10 Å². The van der Waals surface area contributed by atoms with E-state index in [1.807, 2.05) is 0 Å². The van der Waals surface area contributed by atoms with Crippen LogP contribution in [0, 0.1) is 10.1 Å². The fourth-order valence-corrected chi connectivity index (χ4v) is 2.06. The molecule has 1 atom stereocenters. The number of carbonyl (C=O) groups is 2. The Morgan fingerprint density at radius 3 is 2.70 bits per heavy atom. The number of hydrogen-bond donors (Lipinski definition) is 1. The number of nitro benzene ring substituents is 1. The molecule has 1 N–H and O–H groups in total. The van der Waals surface area contributed by atoms with E-state index in [2.05, 4.69) is 10.4 Å². The zero-order valence-electron chi connectivity index (χ0n) is 12.7. The highest BCUT2D eigenvalue weighted by molar-refractivity contribution is 6.07. The SMILES string of the molecule is CC[C@@]1(C)NC(=O)N(/N=C\C=C\c2ccccc2[N+](=O)[O-])C1=O. The van der Waals surface area contributed by atoms with Crippen LogP contribution < -0.4 is 5.32 Å². The summed E-state index contributed by atoms with van der Waals surface area (Å²) in [7, 11) is 0. The molecule has 8 heteroatoms. The number of nitrogens with zero attached hydrogens (tertiary/aromatic N) is 3. The number of urea groups is 1. The summed E-state index contributed by atoms with van der Waals surface area (Å²) in [5.41, 5.74) is -0.582. The highest BCUT2D eigenvalue weighted by Crippen LogP contribution is 2.21. The number of amides is 3. The van der Waals surface area contributed by atoms with Crippen molar-refractivity contribution in [1.29, 1.82) is 0 Å². The quantitative estimate of drug-likeness (QED) is 0.389. The molecule has 0 aliphatic carbocycles. The summed E-state index contributed by atoms with van der Waals surface area (Å²) in [6.45, 7) is 3.42. The zero-order valence-corrected chi connectivity index (χ0v) is 12.7. The molecule has 1 aliphatic heterocycles. The molecule has 1 aromatic carbocycles. The lowest BCUT2D eigenvalue weighted by atomic mass is 10.00. The van der Waals surface area contributed by atoms with Crippen LogP contribution in [0.15, 0.2) is 35.4 Å². The predicted molar refractivity (Wildman–Crippen MR) is 84.7 cm³/mol. The molecule has 1 heterocycles. The molecule has 2 rings (SSSR count). The molecule has 0 bridgehead atoms. The first kappa shape index (κ1) is 16.3. The Morgan fingerprint density at radius 1 is 1.39 bits per heavy atom. The zero-order chi connectivity index (χ0) is 17.0. The number of rotatable bonds is 5. The summed E-state index contributed by atoms with van der Waals surface area (Å²) in [6.07, 6.45) is 4.62. The van der Waals surface area contributed by atoms with Crippen LogP contribution in [0.25, 0.3) is 6.08 Å². The van der Waals surface area contributed by atoms with Gasteiger partial charge in [0.25, 0.3) is 11.6 Å². The number of carbonyl (C=O) groups excluding carboxylic acids is 2. The fourth-order valence-electron chi connectivity index (χ4n) is 2.06. The van der Waals surface area contributed by atoms with Gasteiger partial charge in [0.1, 0.15) is 5.54 Å². The summed E-state index contributed by atoms with van der Waals surface area (Å²) in [5, 5.41) is 18.0. The second-order valence-corrected chi connectivity index (χ2v) is 5.17. The first-order valence-electron chi connectivity index (χ1n) is 7.00. The van der Waals surface area contributed by atoms with Gasteiger partial charge in [0.15, 0.2) is 0 Å². The van der Waals surface area contributed by atoms with Crippen molar-refractivity contribution in [3.05, 3.63) is 46.0 Å². The summed E-state index contributed by atoms with van der Waals surface area (Å²) in [6, 6.07) is 5.64. The summed E-state index contributed by atoms with van der Waals surface area (Å²) in [4.78, 5) is 34.2. The van der Waals surface area contributed by atoms with Gasteiger partial charge in [-0.25, -0.2) is 4.79 Å².